The van der Waals surface area contributed by atoms with E-state index in [0.29, 0.717) is 11.5 Å². The van der Waals surface area contributed by atoms with Crippen molar-refractivity contribution >= 4 is 28.3 Å². The summed E-state index contributed by atoms with van der Waals surface area (Å²) in [7, 11) is 1.62. The molecule has 0 fully saturated rings. The van der Waals surface area contributed by atoms with Crippen molar-refractivity contribution in [3.05, 3.63) is 46.7 Å². The van der Waals surface area contributed by atoms with E-state index in [1.165, 1.54) is 0 Å². The normalized spacial score (nSPS) is 11.4. The lowest BCUT2D eigenvalue weighted by molar-refractivity contribution is 0.412. The van der Waals surface area contributed by atoms with Gasteiger partial charge in [-0.15, -0.1) is 12.4 Å². The molecule has 0 radical (unpaired) electrons. The Kier molecular flexibility index (Phi) is 6.26. The molecular weight excluding hydrogens is 344 g/mol. The molecular formula is C14H16BrClN2O2. The number of nitrogens with zero attached hydrogens (tertiary/aromatic N) is 1. The fourth-order valence-electron chi connectivity index (χ4n) is 1.54. The van der Waals surface area contributed by atoms with Crippen LogP contribution in [-0.2, 0) is 0 Å². The number of rotatable bonds is 4. The monoisotopic (exact) mass is 358 g/mol. The molecule has 4 nitrogen and oxygen atoms in total. The number of hydrogen-bond donors (Lipinski definition) is 1. The van der Waals surface area contributed by atoms with Crippen molar-refractivity contribution in [2.45, 2.75) is 13.0 Å². The first-order valence-electron chi connectivity index (χ1n) is 5.83. The summed E-state index contributed by atoms with van der Waals surface area (Å²) in [4.78, 5) is 4.25. The van der Waals surface area contributed by atoms with Gasteiger partial charge in [-0.1, -0.05) is 0 Å². The maximum absolute atomic E-state index is 5.75. The highest BCUT2D eigenvalue weighted by molar-refractivity contribution is 9.10. The molecule has 1 atom stereocenters. The van der Waals surface area contributed by atoms with E-state index in [4.69, 9.17) is 15.2 Å². The summed E-state index contributed by atoms with van der Waals surface area (Å²) >= 11 is 3.44. The molecule has 2 N–H and O–H groups in total. The number of aromatic nitrogens is 1. The summed E-state index contributed by atoms with van der Waals surface area (Å²) in [6.07, 6.45) is 1.66. The number of benzene rings is 1. The van der Waals surface area contributed by atoms with Crippen molar-refractivity contribution in [2.24, 2.45) is 5.73 Å². The molecule has 2 rings (SSSR count). The van der Waals surface area contributed by atoms with Crippen molar-refractivity contribution in [3.63, 3.8) is 0 Å². The van der Waals surface area contributed by atoms with E-state index >= 15 is 0 Å². The third kappa shape index (κ3) is 4.10. The molecule has 0 amide bonds. The fraction of sp³-hybridized carbons (Fsp3) is 0.214. The highest BCUT2D eigenvalue weighted by Gasteiger charge is 2.06. The Morgan fingerprint density at radius 2 is 1.90 bits per heavy atom. The molecule has 20 heavy (non-hydrogen) atoms. The van der Waals surface area contributed by atoms with E-state index in [1.54, 1.807) is 13.3 Å². The topological polar surface area (TPSA) is 57.4 Å². The van der Waals surface area contributed by atoms with E-state index in [-0.39, 0.29) is 18.4 Å². The summed E-state index contributed by atoms with van der Waals surface area (Å²) in [6.45, 7) is 1.89. The van der Waals surface area contributed by atoms with Crippen LogP contribution in [0.15, 0.2) is 41.0 Å². The molecule has 0 unspecified atom stereocenters. The number of pyridine rings is 1. The van der Waals surface area contributed by atoms with Gasteiger partial charge in [0.05, 0.1) is 23.5 Å². The van der Waals surface area contributed by atoms with Crippen LogP contribution in [0.2, 0.25) is 0 Å². The van der Waals surface area contributed by atoms with E-state index in [1.807, 2.05) is 37.3 Å². The Balaban J connectivity index is 0.00000200. The Morgan fingerprint density at radius 1 is 1.20 bits per heavy atom. The molecule has 0 spiro atoms. The van der Waals surface area contributed by atoms with E-state index in [2.05, 4.69) is 20.9 Å². The van der Waals surface area contributed by atoms with Gasteiger partial charge >= 0.3 is 0 Å². The minimum absolute atomic E-state index is 0. The average Bonchev–Trinajstić information content (AvgIpc) is 2.41. The zero-order chi connectivity index (χ0) is 13.8. The van der Waals surface area contributed by atoms with Crippen LogP contribution in [-0.4, -0.2) is 12.1 Å². The van der Waals surface area contributed by atoms with Crippen molar-refractivity contribution in [1.82, 2.24) is 4.98 Å². The summed E-state index contributed by atoms with van der Waals surface area (Å²) < 4.78 is 11.7. The van der Waals surface area contributed by atoms with Gasteiger partial charge in [-0.05, 0) is 53.2 Å². The zero-order valence-electron chi connectivity index (χ0n) is 11.2. The molecule has 2 aromatic rings. The first kappa shape index (κ1) is 16.8. The van der Waals surface area contributed by atoms with Gasteiger partial charge in [-0.25, -0.2) is 0 Å². The highest BCUT2D eigenvalue weighted by Crippen LogP contribution is 2.32. The molecule has 108 valence electrons. The average molecular weight is 360 g/mol. The van der Waals surface area contributed by atoms with Crippen molar-refractivity contribution in [2.75, 3.05) is 7.11 Å². The summed E-state index contributed by atoms with van der Waals surface area (Å²) in [6, 6.07) is 9.15. The lowest BCUT2D eigenvalue weighted by atomic mass is 10.2. The first-order valence-corrected chi connectivity index (χ1v) is 6.62. The molecule has 0 aliphatic rings. The minimum Gasteiger partial charge on any atom is -0.497 e. The lowest BCUT2D eigenvalue weighted by Gasteiger charge is -2.10. The second-order valence-corrected chi connectivity index (χ2v) is 4.96. The standard InChI is InChI=1S/C14H15BrN2O2.ClH/c1-9(16)13-5-3-11(8-17-13)19-14-6-4-10(18-2)7-12(14)15;/h3-9H,16H2,1-2H3;1H/t9-;/m1./s1. The lowest BCUT2D eigenvalue weighted by Crippen LogP contribution is -2.06. The first-order chi connectivity index (χ1) is 9.10. The van der Waals surface area contributed by atoms with E-state index in [9.17, 15) is 0 Å². The van der Waals surface area contributed by atoms with Crippen molar-refractivity contribution in [3.8, 4) is 17.2 Å². The van der Waals surface area contributed by atoms with Crippen LogP contribution in [0.3, 0.4) is 0 Å². The second kappa shape index (κ2) is 7.47. The number of ether oxygens (including phenoxy) is 2. The SMILES string of the molecule is COc1ccc(Oc2ccc([C@@H](C)N)nc2)c(Br)c1.Cl. The second-order valence-electron chi connectivity index (χ2n) is 4.11. The van der Waals surface area contributed by atoms with E-state index < -0.39 is 0 Å². The number of nitrogens with two attached hydrogens (primary N) is 1. The maximum atomic E-state index is 5.75. The minimum atomic E-state index is -0.0817. The number of hydrogen-bond acceptors (Lipinski definition) is 4. The maximum Gasteiger partial charge on any atom is 0.145 e. The smallest absolute Gasteiger partial charge is 0.145 e. The largest absolute Gasteiger partial charge is 0.497 e. The van der Waals surface area contributed by atoms with Gasteiger partial charge in [-0.3, -0.25) is 4.98 Å². The Bertz CT molecular complexity index is 562. The van der Waals surface area contributed by atoms with Crippen LogP contribution >= 0.6 is 28.3 Å². The molecule has 0 aliphatic heterocycles. The quantitative estimate of drug-likeness (QED) is 0.893. The number of halogens is 2. The molecule has 0 aliphatic carbocycles. The number of methoxy groups -OCH3 is 1. The van der Waals surface area contributed by atoms with Crippen LogP contribution in [0.25, 0.3) is 0 Å². The van der Waals surface area contributed by atoms with Crippen LogP contribution in [0.4, 0.5) is 0 Å². The fourth-order valence-corrected chi connectivity index (χ4v) is 1.98. The third-order valence-corrected chi connectivity index (χ3v) is 3.21. The molecule has 0 bridgehead atoms. The van der Waals surface area contributed by atoms with E-state index in [0.717, 1.165) is 15.9 Å². The summed E-state index contributed by atoms with van der Waals surface area (Å²) in [5.41, 5.74) is 6.58. The van der Waals surface area contributed by atoms with Crippen molar-refractivity contribution < 1.29 is 9.47 Å². The van der Waals surface area contributed by atoms with Gasteiger partial charge in [0, 0.05) is 6.04 Å². The molecule has 1 heterocycles. The van der Waals surface area contributed by atoms with Crippen LogP contribution in [0.5, 0.6) is 17.2 Å². The van der Waals surface area contributed by atoms with Crippen LogP contribution < -0.4 is 15.2 Å². The zero-order valence-corrected chi connectivity index (χ0v) is 13.6. The molecule has 1 aromatic carbocycles. The van der Waals surface area contributed by atoms with Gasteiger partial charge < -0.3 is 15.2 Å². The molecule has 6 heteroatoms. The van der Waals surface area contributed by atoms with Crippen molar-refractivity contribution in [1.29, 1.82) is 0 Å². The van der Waals surface area contributed by atoms with Gasteiger partial charge in [0.15, 0.2) is 0 Å². The Labute approximate surface area is 132 Å². The Hall–Kier alpha value is -1.30. The highest BCUT2D eigenvalue weighted by atomic mass is 79.9. The summed E-state index contributed by atoms with van der Waals surface area (Å²) in [5, 5.41) is 0. The summed E-state index contributed by atoms with van der Waals surface area (Å²) in [5.74, 6) is 2.14. The van der Waals surface area contributed by atoms with Gasteiger partial charge in [0.2, 0.25) is 0 Å². The predicted molar refractivity (Wildman–Crippen MR) is 84.9 cm³/mol. The van der Waals surface area contributed by atoms with Gasteiger partial charge in [0.25, 0.3) is 0 Å². The van der Waals surface area contributed by atoms with Gasteiger partial charge in [0.1, 0.15) is 17.2 Å². The molecule has 1 aromatic heterocycles. The van der Waals surface area contributed by atoms with Crippen LogP contribution in [0, 0.1) is 0 Å². The van der Waals surface area contributed by atoms with Crippen LogP contribution in [0.1, 0.15) is 18.7 Å². The van der Waals surface area contributed by atoms with Gasteiger partial charge in [-0.2, -0.15) is 0 Å². The molecule has 0 saturated heterocycles. The Morgan fingerprint density at radius 3 is 2.40 bits per heavy atom. The third-order valence-electron chi connectivity index (χ3n) is 2.59. The molecule has 0 saturated carbocycles. The predicted octanol–water partition coefficient (Wildman–Crippen LogP) is 4.09.